The van der Waals surface area contributed by atoms with Crippen LogP contribution in [0, 0.1) is 6.92 Å². The van der Waals surface area contributed by atoms with Crippen molar-refractivity contribution in [1.29, 1.82) is 0 Å². The average Bonchev–Trinajstić information content (AvgIpc) is 3.32. The van der Waals surface area contributed by atoms with Crippen LogP contribution in [-0.4, -0.2) is 30.1 Å². The van der Waals surface area contributed by atoms with Crippen molar-refractivity contribution in [2.75, 3.05) is 5.32 Å². The Bertz CT molecular complexity index is 964. The second-order valence-electron chi connectivity index (χ2n) is 5.40. The Morgan fingerprint density at radius 2 is 2.08 bits per heavy atom. The first kappa shape index (κ1) is 15.4. The van der Waals surface area contributed by atoms with E-state index in [1.165, 1.54) is 0 Å². The number of thiophene rings is 1. The number of H-pyrrole nitrogens is 1. The minimum atomic E-state index is 0.501. The molecule has 7 nitrogen and oxygen atoms in total. The predicted molar refractivity (Wildman–Crippen MR) is 97.0 cm³/mol. The lowest BCUT2D eigenvalue weighted by molar-refractivity contribution is 0.943. The van der Waals surface area contributed by atoms with E-state index in [9.17, 15) is 0 Å². The quantitative estimate of drug-likeness (QED) is 0.574. The highest BCUT2D eigenvalue weighted by Gasteiger charge is 2.08. The lowest BCUT2D eigenvalue weighted by Crippen LogP contribution is -2.05. The number of nitrogens with one attached hydrogen (secondary N) is 2. The molecule has 0 fully saturated rings. The summed E-state index contributed by atoms with van der Waals surface area (Å²) in [5.41, 5.74) is 1.77. The minimum Gasteiger partial charge on any atom is -0.363 e. The van der Waals surface area contributed by atoms with Gasteiger partial charge in [-0.15, -0.1) is 11.3 Å². The zero-order valence-electron chi connectivity index (χ0n) is 13.5. The number of aromatic amines is 1. The number of pyridine rings is 1. The zero-order chi connectivity index (χ0) is 17.1. The third-order valence-electron chi connectivity index (χ3n) is 3.48. The first-order valence-corrected chi connectivity index (χ1v) is 8.61. The average molecular weight is 349 g/mol. The summed E-state index contributed by atoms with van der Waals surface area (Å²) in [5, 5.41) is 12.5. The molecule has 2 N–H and O–H groups in total. The summed E-state index contributed by atoms with van der Waals surface area (Å²) in [4.78, 5) is 18.7. The van der Waals surface area contributed by atoms with Crippen LogP contribution in [0.2, 0.25) is 0 Å². The molecule has 4 aromatic heterocycles. The highest BCUT2D eigenvalue weighted by atomic mass is 32.1. The summed E-state index contributed by atoms with van der Waals surface area (Å²) in [7, 11) is 0. The third-order valence-corrected chi connectivity index (χ3v) is 4.35. The molecule has 0 saturated carbocycles. The van der Waals surface area contributed by atoms with E-state index in [0.29, 0.717) is 18.2 Å². The van der Waals surface area contributed by atoms with Crippen molar-refractivity contribution in [3.8, 4) is 22.1 Å². The molecule has 0 radical (unpaired) electrons. The molecule has 0 aliphatic carbocycles. The molecule has 8 heteroatoms. The fourth-order valence-electron chi connectivity index (χ4n) is 2.35. The van der Waals surface area contributed by atoms with Crippen molar-refractivity contribution in [2.24, 2.45) is 0 Å². The van der Waals surface area contributed by atoms with E-state index in [4.69, 9.17) is 0 Å². The van der Waals surface area contributed by atoms with Crippen LogP contribution in [0.1, 0.15) is 11.5 Å². The highest BCUT2D eigenvalue weighted by Crippen LogP contribution is 2.21. The number of aromatic nitrogens is 6. The maximum absolute atomic E-state index is 4.55. The summed E-state index contributed by atoms with van der Waals surface area (Å²) >= 11 is 1.61. The van der Waals surface area contributed by atoms with E-state index < -0.39 is 0 Å². The maximum atomic E-state index is 4.55. The second-order valence-corrected chi connectivity index (χ2v) is 6.34. The molecule has 0 saturated heterocycles. The second kappa shape index (κ2) is 6.78. The number of rotatable bonds is 5. The molecular weight excluding hydrogens is 334 g/mol. The fourth-order valence-corrected chi connectivity index (χ4v) is 3.01. The van der Waals surface area contributed by atoms with Gasteiger partial charge in [0.15, 0.2) is 11.6 Å². The molecular formula is C17H15N7S. The van der Waals surface area contributed by atoms with Gasteiger partial charge in [-0.1, -0.05) is 6.07 Å². The van der Waals surface area contributed by atoms with Gasteiger partial charge in [-0.05, 0) is 30.5 Å². The van der Waals surface area contributed by atoms with E-state index in [2.05, 4.69) is 35.5 Å². The number of anilines is 1. The third kappa shape index (κ3) is 3.53. The molecule has 0 aliphatic rings. The molecule has 0 amide bonds. The van der Waals surface area contributed by atoms with Crippen LogP contribution in [0.15, 0.2) is 48.1 Å². The summed E-state index contributed by atoms with van der Waals surface area (Å²) in [6, 6.07) is 9.69. The van der Waals surface area contributed by atoms with Crippen molar-refractivity contribution < 1.29 is 0 Å². The number of nitrogens with zero attached hydrogens (tertiary/aromatic N) is 5. The van der Waals surface area contributed by atoms with Gasteiger partial charge in [-0.2, -0.15) is 5.10 Å². The number of hydrogen-bond acceptors (Lipinski definition) is 7. The summed E-state index contributed by atoms with van der Waals surface area (Å²) < 4.78 is 0. The Morgan fingerprint density at radius 3 is 2.88 bits per heavy atom. The van der Waals surface area contributed by atoms with E-state index in [0.717, 1.165) is 27.8 Å². The van der Waals surface area contributed by atoms with Gasteiger partial charge in [0.1, 0.15) is 11.6 Å². The molecule has 4 rings (SSSR count). The van der Waals surface area contributed by atoms with E-state index in [1.54, 1.807) is 23.7 Å². The molecule has 124 valence electrons. The molecule has 0 aromatic carbocycles. The van der Waals surface area contributed by atoms with Gasteiger partial charge in [0.2, 0.25) is 0 Å². The van der Waals surface area contributed by atoms with Crippen LogP contribution in [0.4, 0.5) is 5.82 Å². The molecule has 0 atom stereocenters. The summed E-state index contributed by atoms with van der Waals surface area (Å²) in [6.45, 7) is 2.44. The van der Waals surface area contributed by atoms with Gasteiger partial charge in [0.05, 0.1) is 11.4 Å². The van der Waals surface area contributed by atoms with Gasteiger partial charge >= 0.3 is 0 Å². The molecule has 0 bridgehead atoms. The minimum absolute atomic E-state index is 0.501. The largest absolute Gasteiger partial charge is 0.363 e. The SMILES string of the molecule is Cc1cc(NCc2nc(-c3cccs3)n[nH]2)nc(-c2cccnc2)n1. The lowest BCUT2D eigenvalue weighted by Gasteiger charge is -2.07. The van der Waals surface area contributed by atoms with Crippen molar-refractivity contribution in [3.63, 3.8) is 0 Å². The molecule has 4 aromatic rings. The van der Waals surface area contributed by atoms with Crippen LogP contribution >= 0.6 is 11.3 Å². The van der Waals surface area contributed by atoms with Gasteiger partial charge in [0.25, 0.3) is 0 Å². The molecule has 4 heterocycles. The monoisotopic (exact) mass is 349 g/mol. The van der Waals surface area contributed by atoms with Crippen LogP contribution in [0.5, 0.6) is 0 Å². The number of hydrogen-bond donors (Lipinski definition) is 2. The Kier molecular flexibility index (Phi) is 4.17. The van der Waals surface area contributed by atoms with Crippen LogP contribution in [0.3, 0.4) is 0 Å². The van der Waals surface area contributed by atoms with Crippen molar-refractivity contribution >= 4 is 17.2 Å². The molecule has 0 aliphatic heterocycles. The van der Waals surface area contributed by atoms with Gasteiger partial charge in [-0.25, -0.2) is 15.0 Å². The Balaban J connectivity index is 1.51. The van der Waals surface area contributed by atoms with E-state index in [-0.39, 0.29) is 0 Å². The van der Waals surface area contributed by atoms with Crippen LogP contribution in [0.25, 0.3) is 22.1 Å². The topological polar surface area (TPSA) is 92.3 Å². The van der Waals surface area contributed by atoms with Gasteiger partial charge < -0.3 is 5.32 Å². The predicted octanol–water partition coefficient (Wildman–Crippen LogP) is 3.31. The summed E-state index contributed by atoms with van der Waals surface area (Å²) in [6.07, 6.45) is 3.48. The molecule has 25 heavy (non-hydrogen) atoms. The first-order chi connectivity index (χ1) is 12.3. The van der Waals surface area contributed by atoms with E-state index in [1.807, 2.05) is 42.6 Å². The maximum Gasteiger partial charge on any atom is 0.191 e. The first-order valence-electron chi connectivity index (χ1n) is 7.73. The smallest absolute Gasteiger partial charge is 0.191 e. The van der Waals surface area contributed by atoms with Crippen molar-refractivity contribution in [3.05, 3.63) is 59.6 Å². The Morgan fingerprint density at radius 1 is 1.12 bits per heavy atom. The fraction of sp³-hybridized carbons (Fsp3) is 0.118. The number of aryl methyl sites for hydroxylation is 1. The standard InChI is InChI=1S/C17H15N7S/c1-11-8-14(21-16(20-11)12-4-2-6-18-9-12)19-10-15-22-17(24-23-15)13-5-3-7-25-13/h2-9H,10H2,1H3,(H,19,20,21)(H,22,23,24). The van der Waals surface area contributed by atoms with Crippen molar-refractivity contribution in [1.82, 2.24) is 30.1 Å². The lowest BCUT2D eigenvalue weighted by atomic mass is 10.2. The summed E-state index contributed by atoms with van der Waals surface area (Å²) in [5.74, 6) is 2.84. The van der Waals surface area contributed by atoms with Crippen LogP contribution < -0.4 is 5.32 Å². The molecule has 0 unspecified atom stereocenters. The highest BCUT2D eigenvalue weighted by molar-refractivity contribution is 7.13. The molecule has 0 spiro atoms. The van der Waals surface area contributed by atoms with E-state index >= 15 is 0 Å². The van der Waals surface area contributed by atoms with Gasteiger partial charge in [0, 0.05) is 29.7 Å². The normalized spacial score (nSPS) is 10.8. The Labute approximate surface area is 148 Å². The van der Waals surface area contributed by atoms with Crippen molar-refractivity contribution in [2.45, 2.75) is 13.5 Å². The zero-order valence-corrected chi connectivity index (χ0v) is 14.3. The van der Waals surface area contributed by atoms with Crippen LogP contribution in [-0.2, 0) is 6.54 Å². The van der Waals surface area contributed by atoms with Gasteiger partial charge in [-0.3, -0.25) is 10.1 Å². The Hall–Kier alpha value is -3.13.